The van der Waals surface area contributed by atoms with E-state index in [0.717, 1.165) is 36.3 Å². The van der Waals surface area contributed by atoms with E-state index in [0.29, 0.717) is 5.56 Å². The molecule has 2 aromatic rings. The molecule has 0 aliphatic carbocycles. The third-order valence-corrected chi connectivity index (χ3v) is 5.14. The van der Waals surface area contributed by atoms with E-state index in [1.54, 1.807) is 31.4 Å². The summed E-state index contributed by atoms with van der Waals surface area (Å²) < 4.78 is 11.5. The lowest BCUT2D eigenvalue weighted by Gasteiger charge is -2.41. The van der Waals surface area contributed by atoms with Gasteiger partial charge in [0.25, 0.3) is 5.91 Å². The average molecular weight is 339 g/mol. The highest BCUT2D eigenvalue weighted by molar-refractivity contribution is 5.94. The molecule has 4 heteroatoms. The van der Waals surface area contributed by atoms with Crippen molar-refractivity contribution in [3.8, 4) is 11.5 Å². The Kier molecular flexibility index (Phi) is 4.98. The zero-order valence-electron chi connectivity index (χ0n) is 15.0. The SMILES string of the molecule is CCC1(CC)C[C@H](NC(=O)c2ccc(OC)cc2)c2ccccc2O1. The highest BCUT2D eigenvalue weighted by Crippen LogP contribution is 2.42. The van der Waals surface area contributed by atoms with E-state index < -0.39 is 0 Å². The van der Waals surface area contributed by atoms with Gasteiger partial charge in [0.1, 0.15) is 17.1 Å². The Morgan fingerprint density at radius 3 is 2.48 bits per heavy atom. The lowest BCUT2D eigenvalue weighted by atomic mass is 9.83. The summed E-state index contributed by atoms with van der Waals surface area (Å²) in [5.41, 5.74) is 1.44. The molecule has 0 saturated carbocycles. The van der Waals surface area contributed by atoms with Crippen molar-refractivity contribution in [2.75, 3.05) is 7.11 Å². The Balaban J connectivity index is 1.85. The zero-order valence-corrected chi connectivity index (χ0v) is 15.0. The molecule has 0 saturated heterocycles. The molecule has 0 unspecified atom stereocenters. The number of benzene rings is 2. The number of nitrogens with one attached hydrogen (secondary N) is 1. The van der Waals surface area contributed by atoms with Crippen molar-refractivity contribution in [1.82, 2.24) is 5.32 Å². The van der Waals surface area contributed by atoms with Crippen LogP contribution in [0.1, 0.15) is 55.1 Å². The molecule has 4 nitrogen and oxygen atoms in total. The summed E-state index contributed by atoms with van der Waals surface area (Å²) >= 11 is 0. The monoisotopic (exact) mass is 339 g/mol. The van der Waals surface area contributed by atoms with Crippen molar-refractivity contribution >= 4 is 5.91 Å². The second kappa shape index (κ2) is 7.18. The minimum absolute atomic E-state index is 0.0561. The second-order valence-corrected chi connectivity index (χ2v) is 6.49. The van der Waals surface area contributed by atoms with Crippen molar-refractivity contribution < 1.29 is 14.3 Å². The first-order valence-corrected chi connectivity index (χ1v) is 8.83. The number of rotatable bonds is 5. The predicted octanol–water partition coefficient (Wildman–Crippen LogP) is 4.51. The Bertz CT molecular complexity index is 735. The van der Waals surface area contributed by atoms with Crippen molar-refractivity contribution in [2.24, 2.45) is 0 Å². The minimum Gasteiger partial charge on any atom is -0.497 e. The molecule has 2 aromatic carbocycles. The summed E-state index contributed by atoms with van der Waals surface area (Å²) in [6.45, 7) is 4.28. The van der Waals surface area contributed by atoms with Crippen LogP contribution in [0, 0.1) is 0 Å². The van der Waals surface area contributed by atoms with Gasteiger partial charge in [-0.05, 0) is 43.2 Å². The Labute approximate surface area is 149 Å². The molecule has 1 N–H and O–H groups in total. The number of ether oxygens (including phenoxy) is 2. The molecule has 0 spiro atoms. The van der Waals surface area contributed by atoms with Gasteiger partial charge in [-0.25, -0.2) is 0 Å². The largest absolute Gasteiger partial charge is 0.497 e. The maximum Gasteiger partial charge on any atom is 0.251 e. The number of hydrogen-bond acceptors (Lipinski definition) is 3. The first-order valence-electron chi connectivity index (χ1n) is 8.83. The number of carbonyl (C=O) groups excluding carboxylic acids is 1. The first-order chi connectivity index (χ1) is 12.1. The topological polar surface area (TPSA) is 47.6 Å². The van der Waals surface area contributed by atoms with Gasteiger partial charge in [-0.3, -0.25) is 4.79 Å². The smallest absolute Gasteiger partial charge is 0.251 e. The van der Waals surface area contributed by atoms with Crippen LogP contribution >= 0.6 is 0 Å². The quantitative estimate of drug-likeness (QED) is 0.872. The van der Waals surface area contributed by atoms with Gasteiger partial charge in [0, 0.05) is 17.5 Å². The predicted molar refractivity (Wildman–Crippen MR) is 98.2 cm³/mol. The number of carbonyl (C=O) groups is 1. The number of hydrogen-bond donors (Lipinski definition) is 1. The van der Waals surface area contributed by atoms with Gasteiger partial charge in [0.15, 0.2) is 0 Å². The summed E-state index contributed by atoms with van der Waals surface area (Å²) in [4.78, 5) is 12.7. The van der Waals surface area contributed by atoms with Crippen molar-refractivity contribution in [3.63, 3.8) is 0 Å². The van der Waals surface area contributed by atoms with Crippen molar-refractivity contribution in [1.29, 1.82) is 0 Å². The number of para-hydroxylation sites is 1. The van der Waals surface area contributed by atoms with Gasteiger partial charge in [-0.1, -0.05) is 32.0 Å². The van der Waals surface area contributed by atoms with Crippen LogP contribution in [0.25, 0.3) is 0 Å². The van der Waals surface area contributed by atoms with E-state index in [1.807, 2.05) is 24.3 Å². The van der Waals surface area contributed by atoms with E-state index in [2.05, 4.69) is 19.2 Å². The standard InChI is InChI=1S/C21H25NO3/c1-4-21(5-2)14-18(17-8-6-7-9-19(17)25-21)22-20(23)15-10-12-16(24-3)13-11-15/h6-13,18H,4-5,14H2,1-3H3,(H,22,23)/t18-/m0/s1. The molecular formula is C21H25NO3. The van der Waals surface area contributed by atoms with Crippen LogP contribution in [-0.2, 0) is 0 Å². The summed E-state index contributed by atoms with van der Waals surface area (Å²) in [7, 11) is 1.61. The Morgan fingerprint density at radius 2 is 1.84 bits per heavy atom. The summed E-state index contributed by atoms with van der Waals surface area (Å²) in [5.74, 6) is 1.53. The lowest BCUT2D eigenvalue weighted by Crippen LogP contribution is -2.44. The molecule has 1 amide bonds. The number of amides is 1. The Morgan fingerprint density at radius 1 is 1.16 bits per heavy atom. The lowest BCUT2D eigenvalue weighted by molar-refractivity contribution is 0.0227. The summed E-state index contributed by atoms with van der Waals surface area (Å²) in [6.07, 6.45) is 2.60. The number of fused-ring (bicyclic) bond motifs is 1. The van der Waals surface area contributed by atoms with Crippen LogP contribution in [0.5, 0.6) is 11.5 Å². The molecule has 1 aliphatic heterocycles. The van der Waals surface area contributed by atoms with E-state index in [4.69, 9.17) is 9.47 Å². The van der Waals surface area contributed by atoms with Crippen molar-refractivity contribution in [2.45, 2.75) is 44.8 Å². The fourth-order valence-electron chi connectivity index (χ4n) is 3.41. The molecule has 0 fully saturated rings. The van der Waals surface area contributed by atoms with Gasteiger partial charge in [-0.15, -0.1) is 0 Å². The van der Waals surface area contributed by atoms with E-state index >= 15 is 0 Å². The molecule has 1 heterocycles. The molecule has 132 valence electrons. The van der Waals surface area contributed by atoms with Gasteiger partial charge in [0.2, 0.25) is 0 Å². The van der Waals surface area contributed by atoms with Crippen LogP contribution in [0.3, 0.4) is 0 Å². The molecule has 0 radical (unpaired) electrons. The fraction of sp³-hybridized carbons (Fsp3) is 0.381. The normalized spacial score (nSPS) is 18.0. The van der Waals surface area contributed by atoms with Crippen LogP contribution < -0.4 is 14.8 Å². The van der Waals surface area contributed by atoms with Gasteiger partial charge in [-0.2, -0.15) is 0 Å². The average Bonchev–Trinajstić information content (AvgIpc) is 2.67. The zero-order chi connectivity index (χ0) is 17.9. The molecular weight excluding hydrogens is 314 g/mol. The summed E-state index contributed by atoms with van der Waals surface area (Å²) in [6, 6.07) is 15.1. The van der Waals surface area contributed by atoms with Crippen molar-refractivity contribution in [3.05, 3.63) is 59.7 Å². The van der Waals surface area contributed by atoms with Crippen LogP contribution in [-0.4, -0.2) is 18.6 Å². The minimum atomic E-state index is -0.230. The maximum atomic E-state index is 12.7. The maximum absolute atomic E-state index is 12.7. The van der Waals surface area contributed by atoms with Gasteiger partial charge >= 0.3 is 0 Å². The molecule has 3 rings (SSSR count). The number of methoxy groups -OCH3 is 1. The molecule has 0 bridgehead atoms. The first kappa shape index (κ1) is 17.3. The van der Waals surface area contributed by atoms with Gasteiger partial charge < -0.3 is 14.8 Å². The Hall–Kier alpha value is -2.49. The van der Waals surface area contributed by atoms with E-state index in [-0.39, 0.29) is 17.6 Å². The third-order valence-electron chi connectivity index (χ3n) is 5.14. The molecule has 25 heavy (non-hydrogen) atoms. The second-order valence-electron chi connectivity index (χ2n) is 6.49. The van der Waals surface area contributed by atoms with E-state index in [1.165, 1.54) is 0 Å². The third kappa shape index (κ3) is 3.48. The van der Waals surface area contributed by atoms with Crippen LogP contribution in [0.4, 0.5) is 0 Å². The van der Waals surface area contributed by atoms with Gasteiger partial charge in [0.05, 0.1) is 13.2 Å². The van der Waals surface area contributed by atoms with E-state index in [9.17, 15) is 4.79 Å². The van der Waals surface area contributed by atoms with Crippen LogP contribution in [0.2, 0.25) is 0 Å². The highest BCUT2D eigenvalue weighted by Gasteiger charge is 2.38. The molecule has 1 atom stereocenters. The molecule has 0 aromatic heterocycles. The fourth-order valence-corrected chi connectivity index (χ4v) is 3.41. The summed E-state index contributed by atoms with van der Waals surface area (Å²) in [5, 5.41) is 3.19. The molecule has 1 aliphatic rings. The van der Waals surface area contributed by atoms with Crippen LogP contribution in [0.15, 0.2) is 48.5 Å². The highest BCUT2D eigenvalue weighted by atomic mass is 16.5.